The van der Waals surface area contributed by atoms with Crippen LogP contribution in [0.1, 0.15) is 36.0 Å². The molecule has 2 aliphatic heterocycles. The summed E-state index contributed by atoms with van der Waals surface area (Å²) in [6.07, 6.45) is 3.72. The molecule has 32 heavy (non-hydrogen) atoms. The number of amides is 1. The molecule has 1 saturated heterocycles. The molecule has 0 atom stereocenters. The van der Waals surface area contributed by atoms with E-state index in [2.05, 4.69) is 5.32 Å². The Balaban J connectivity index is 1.62. The summed E-state index contributed by atoms with van der Waals surface area (Å²) in [6.45, 7) is 1.73. The maximum atomic E-state index is 13.2. The maximum Gasteiger partial charge on any atom is 0.255 e. The van der Waals surface area contributed by atoms with Crippen LogP contribution >= 0.6 is 11.6 Å². The highest BCUT2D eigenvalue weighted by molar-refractivity contribution is 7.89. The zero-order valence-electron chi connectivity index (χ0n) is 17.7. The number of hydrogen-bond acceptors (Lipinski definition) is 6. The van der Waals surface area contributed by atoms with E-state index >= 15 is 0 Å². The number of nitrogens with zero attached hydrogens (tertiary/aromatic N) is 1. The van der Waals surface area contributed by atoms with Gasteiger partial charge in [-0.2, -0.15) is 4.31 Å². The van der Waals surface area contributed by atoms with Gasteiger partial charge < -0.3 is 19.5 Å². The van der Waals surface area contributed by atoms with Crippen LogP contribution in [0.4, 0.5) is 5.69 Å². The van der Waals surface area contributed by atoms with Crippen molar-refractivity contribution >= 4 is 33.2 Å². The third kappa shape index (κ3) is 4.65. The molecule has 1 fully saturated rings. The first-order chi connectivity index (χ1) is 15.4. The van der Waals surface area contributed by atoms with Crippen LogP contribution in [0.25, 0.3) is 0 Å². The first-order valence-corrected chi connectivity index (χ1v) is 12.3. The number of ether oxygens (including phenoxy) is 3. The van der Waals surface area contributed by atoms with Gasteiger partial charge in [-0.15, -0.1) is 0 Å². The molecular formula is C22H25ClN2O6S. The number of sulfonamides is 1. The number of rotatable bonds is 5. The van der Waals surface area contributed by atoms with Gasteiger partial charge in [0.2, 0.25) is 10.0 Å². The monoisotopic (exact) mass is 480 g/mol. The zero-order valence-corrected chi connectivity index (χ0v) is 19.3. The summed E-state index contributed by atoms with van der Waals surface area (Å²) in [4.78, 5) is 13.1. The number of halogens is 1. The van der Waals surface area contributed by atoms with Crippen molar-refractivity contribution < 1.29 is 27.4 Å². The average Bonchev–Trinajstić information content (AvgIpc) is 3.09. The minimum absolute atomic E-state index is 0.107. The smallest absolute Gasteiger partial charge is 0.255 e. The SMILES string of the molecule is COc1ccc(S(=O)(=O)N2CCCCCC2)cc1NC(=O)c1cc(Cl)c2c(c1)OCCO2. The lowest BCUT2D eigenvalue weighted by Crippen LogP contribution is -2.32. The van der Waals surface area contributed by atoms with Crippen molar-refractivity contribution in [1.29, 1.82) is 0 Å². The predicted octanol–water partition coefficient (Wildman–Crippen LogP) is 3.94. The molecule has 0 unspecified atom stereocenters. The van der Waals surface area contributed by atoms with Gasteiger partial charge >= 0.3 is 0 Å². The van der Waals surface area contributed by atoms with Crippen molar-refractivity contribution in [2.75, 3.05) is 38.7 Å². The molecule has 0 saturated carbocycles. The quantitative estimate of drug-likeness (QED) is 0.696. The molecule has 2 aromatic carbocycles. The minimum Gasteiger partial charge on any atom is -0.495 e. The molecule has 10 heteroatoms. The number of hydrogen-bond donors (Lipinski definition) is 1. The number of carbonyl (C=O) groups is 1. The Labute approximate surface area is 192 Å². The summed E-state index contributed by atoms with van der Waals surface area (Å²) in [7, 11) is -2.23. The molecule has 0 aromatic heterocycles. The topological polar surface area (TPSA) is 94.2 Å². The van der Waals surface area contributed by atoms with E-state index in [0.29, 0.717) is 43.6 Å². The molecule has 0 bridgehead atoms. The van der Waals surface area contributed by atoms with E-state index in [9.17, 15) is 13.2 Å². The maximum absolute atomic E-state index is 13.2. The number of anilines is 1. The molecule has 172 valence electrons. The Morgan fingerprint density at radius 3 is 2.50 bits per heavy atom. The van der Waals surface area contributed by atoms with E-state index in [-0.39, 0.29) is 21.2 Å². The van der Waals surface area contributed by atoms with Gasteiger partial charge in [0.1, 0.15) is 19.0 Å². The standard InChI is InChI=1S/C22H25ClN2O6S/c1-29-19-7-6-16(32(27,28)25-8-4-2-3-5-9-25)14-18(19)24-22(26)15-12-17(23)21-20(13-15)30-10-11-31-21/h6-7,12-14H,2-5,8-11H2,1H3,(H,24,26). The van der Waals surface area contributed by atoms with Crippen LogP contribution in [-0.2, 0) is 10.0 Å². The summed E-state index contributed by atoms with van der Waals surface area (Å²) < 4.78 is 44.2. The second-order valence-corrected chi connectivity index (χ2v) is 9.96. The van der Waals surface area contributed by atoms with Crippen LogP contribution in [0.5, 0.6) is 17.2 Å². The molecule has 0 radical (unpaired) electrons. The van der Waals surface area contributed by atoms with Gasteiger partial charge in [-0.25, -0.2) is 8.42 Å². The van der Waals surface area contributed by atoms with Crippen LogP contribution in [0.15, 0.2) is 35.2 Å². The van der Waals surface area contributed by atoms with Crippen molar-refractivity contribution in [3.63, 3.8) is 0 Å². The van der Waals surface area contributed by atoms with E-state index in [0.717, 1.165) is 25.7 Å². The zero-order chi connectivity index (χ0) is 22.7. The van der Waals surface area contributed by atoms with E-state index < -0.39 is 15.9 Å². The second-order valence-electron chi connectivity index (χ2n) is 7.62. The van der Waals surface area contributed by atoms with E-state index in [1.807, 2.05) is 0 Å². The Morgan fingerprint density at radius 2 is 1.78 bits per heavy atom. The van der Waals surface area contributed by atoms with Gasteiger partial charge in [0.05, 0.1) is 22.7 Å². The largest absolute Gasteiger partial charge is 0.495 e. The third-order valence-corrected chi connectivity index (χ3v) is 7.66. The molecular weight excluding hydrogens is 456 g/mol. The van der Waals surface area contributed by atoms with Crippen molar-refractivity contribution in [2.24, 2.45) is 0 Å². The molecule has 0 aliphatic carbocycles. The van der Waals surface area contributed by atoms with Gasteiger partial charge in [0.15, 0.2) is 11.5 Å². The summed E-state index contributed by atoms with van der Waals surface area (Å²) in [5, 5.41) is 3.00. The fourth-order valence-electron chi connectivity index (χ4n) is 3.81. The number of benzene rings is 2. The molecule has 8 nitrogen and oxygen atoms in total. The molecule has 2 aromatic rings. The lowest BCUT2D eigenvalue weighted by Gasteiger charge is -2.21. The lowest BCUT2D eigenvalue weighted by atomic mass is 10.1. The number of nitrogens with one attached hydrogen (secondary N) is 1. The fourth-order valence-corrected chi connectivity index (χ4v) is 5.62. The summed E-state index contributed by atoms with van der Waals surface area (Å²) >= 11 is 6.24. The van der Waals surface area contributed by atoms with Crippen LogP contribution in [0, 0.1) is 0 Å². The van der Waals surface area contributed by atoms with Crippen LogP contribution < -0.4 is 19.5 Å². The summed E-state index contributed by atoms with van der Waals surface area (Å²) in [5.41, 5.74) is 0.501. The molecule has 1 N–H and O–H groups in total. The van der Waals surface area contributed by atoms with E-state index in [1.54, 1.807) is 6.07 Å². The fraction of sp³-hybridized carbons (Fsp3) is 0.409. The van der Waals surface area contributed by atoms with Crippen molar-refractivity contribution in [1.82, 2.24) is 4.31 Å². The summed E-state index contributed by atoms with van der Waals surface area (Å²) in [5.74, 6) is 0.652. The molecule has 1 amide bonds. The second kappa shape index (κ2) is 9.56. The molecule has 2 aliphatic rings. The molecule has 4 rings (SSSR count). The van der Waals surface area contributed by atoms with Gasteiger partial charge in [-0.1, -0.05) is 24.4 Å². The number of carbonyl (C=O) groups excluding carboxylic acids is 1. The number of methoxy groups -OCH3 is 1. The first-order valence-electron chi connectivity index (χ1n) is 10.5. The minimum atomic E-state index is -3.68. The van der Waals surface area contributed by atoms with Gasteiger partial charge in [0, 0.05) is 18.7 Å². The Kier molecular flexibility index (Phi) is 6.78. The van der Waals surface area contributed by atoms with Gasteiger partial charge in [0.25, 0.3) is 5.91 Å². The van der Waals surface area contributed by atoms with Crippen molar-refractivity contribution in [3.8, 4) is 17.2 Å². The Morgan fingerprint density at radius 1 is 1.06 bits per heavy atom. The molecule has 2 heterocycles. The lowest BCUT2D eigenvalue weighted by molar-refractivity contribution is 0.102. The number of fused-ring (bicyclic) bond motifs is 1. The summed E-state index contributed by atoms with van der Waals surface area (Å²) in [6, 6.07) is 7.48. The molecule has 0 spiro atoms. The van der Waals surface area contributed by atoms with Crippen LogP contribution in [0.2, 0.25) is 5.02 Å². The van der Waals surface area contributed by atoms with E-state index in [4.69, 9.17) is 25.8 Å². The first kappa shape index (κ1) is 22.7. The predicted molar refractivity (Wildman–Crippen MR) is 121 cm³/mol. The van der Waals surface area contributed by atoms with Crippen LogP contribution in [0.3, 0.4) is 0 Å². The average molecular weight is 481 g/mol. The normalized spacial score (nSPS) is 16.8. The van der Waals surface area contributed by atoms with Crippen molar-refractivity contribution in [2.45, 2.75) is 30.6 Å². The van der Waals surface area contributed by atoms with Crippen molar-refractivity contribution in [3.05, 3.63) is 40.9 Å². The van der Waals surface area contributed by atoms with Gasteiger partial charge in [-0.3, -0.25) is 4.79 Å². The van der Waals surface area contributed by atoms with Gasteiger partial charge in [-0.05, 0) is 43.2 Å². The highest BCUT2D eigenvalue weighted by Crippen LogP contribution is 2.39. The highest BCUT2D eigenvalue weighted by Gasteiger charge is 2.27. The van der Waals surface area contributed by atoms with E-state index in [1.165, 1.54) is 35.7 Å². The highest BCUT2D eigenvalue weighted by atomic mass is 35.5. The Bertz CT molecular complexity index is 1110. The van der Waals surface area contributed by atoms with Crippen LogP contribution in [-0.4, -0.2) is 52.0 Å². The Hall–Kier alpha value is -2.49. The third-order valence-electron chi connectivity index (χ3n) is 5.48.